The Labute approximate surface area is 84.4 Å². The molecule has 1 rings (SSSR count). The van der Waals surface area contributed by atoms with Crippen LogP contribution in [0.2, 0.25) is 0 Å². The molecule has 0 saturated heterocycles. The van der Waals surface area contributed by atoms with E-state index in [0.717, 1.165) is 11.0 Å². The average molecular weight is 211 g/mol. The number of nitrogens with one attached hydrogen (secondary N) is 1. The molecule has 1 aromatic rings. The highest BCUT2D eigenvalue weighted by Crippen LogP contribution is 2.12. The lowest BCUT2D eigenvalue weighted by Crippen LogP contribution is -1.99. The van der Waals surface area contributed by atoms with E-state index in [-0.39, 0.29) is 0 Å². The van der Waals surface area contributed by atoms with Crippen LogP contribution < -0.4 is 5.32 Å². The second-order valence-corrected chi connectivity index (χ2v) is 4.78. The van der Waals surface area contributed by atoms with Gasteiger partial charge in [0.1, 0.15) is 0 Å². The largest absolute Gasteiger partial charge is 0.393 e. The molecule has 0 fully saturated rings. The van der Waals surface area contributed by atoms with E-state index in [2.05, 4.69) is 5.32 Å². The van der Waals surface area contributed by atoms with Crippen molar-refractivity contribution in [1.29, 1.82) is 0 Å². The van der Waals surface area contributed by atoms with Crippen LogP contribution in [0.25, 0.3) is 0 Å². The van der Waals surface area contributed by atoms with Crippen LogP contribution in [0.1, 0.15) is 5.56 Å². The second kappa shape index (κ2) is 4.28. The number of hydrogen-bond donors (Lipinski definition) is 1. The van der Waals surface area contributed by atoms with E-state index < -0.39 is 9.84 Å². The van der Waals surface area contributed by atoms with Gasteiger partial charge in [-0.15, -0.1) is 0 Å². The van der Waals surface area contributed by atoms with Gasteiger partial charge in [0.25, 0.3) is 0 Å². The van der Waals surface area contributed by atoms with E-state index in [0.29, 0.717) is 4.90 Å². The molecule has 1 N–H and O–H groups in total. The Bertz CT molecular complexity index is 418. The minimum atomic E-state index is -3.28. The minimum absolute atomic E-state index is 0.314. The topological polar surface area (TPSA) is 46.2 Å². The van der Waals surface area contributed by atoms with Crippen LogP contribution in [0.4, 0.5) is 0 Å². The number of sulfone groups is 1. The highest BCUT2D eigenvalue weighted by molar-refractivity contribution is 7.94. The van der Waals surface area contributed by atoms with E-state index in [4.69, 9.17) is 0 Å². The summed E-state index contributed by atoms with van der Waals surface area (Å²) in [5.74, 6) is 0. The standard InChI is InChI=1S/C10H13NO2S/c1-9-3-5-10(6-4-9)14(12,13)8-7-11-2/h3-8,11H,1-2H3/b8-7+. The third kappa shape index (κ3) is 2.60. The van der Waals surface area contributed by atoms with E-state index >= 15 is 0 Å². The van der Waals surface area contributed by atoms with Crippen molar-refractivity contribution in [3.63, 3.8) is 0 Å². The second-order valence-electron chi connectivity index (χ2n) is 2.95. The molecule has 0 radical (unpaired) electrons. The molecule has 0 aliphatic rings. The third-order valence-electron chi connectivity index (χ3n) is 1.76. The predicted molar refractivity (Wildman–Crippen MR) is 56.6 cm³/mol. The van der Waals surface area contributed by atoms with Gasteiger partial charge in [-0.2, -0.15) is 0 Å². The number of benzene rings is 1. The van der Waals surface area contributed by atoms with Crippen LogP contribution in [0.15, 0.2) is 40.8 Å². The van der Waals surface area contributed by atoms with Gasteiger partial charge in [-0.3, -0.25) is 0 Å². The maximum absolute atomic E-state index is 11.6. The fourth-order valence-electron chi connectivity index (χ4n) is 0.964. The minimum Gasteiger partial charge on any atom is -0.393 e. The van der Waals surface area contributed by atoms with E-state index in [1.807, 2.05) is 6.92 Å². The molecular formula is C10H13NO2S. The Morgan fingerprint density at radius 2 is 1.79 bits per heavy atom. The first-order chi connectivity index (χ1) is 6.56. The van der Waals surface area contributed by atoms with Crippen molar-refractivity contribution < 1.29 is 8.42 Å². The SMILES string of the molecule is CN/C=C/S(=O)(=O)c1ccc(C)cc1. The summed E-state index contributed by atoms with van der Waals surface area (Å²) in [7, 11) is -1.63. The van der Waals surface area contributed by atoms with Crippen molar-refractivity contribution in [1.82, 2.24) is 5.32 Å². The Balaban J connectivity index is 3.05. The lowest BCUT2D eigenvalue weighted by atomic mass is 10.2. The Morgan fingerprint density at radius 1 is 1.21 bits per heavy atom. The summed E-state index contributed by atoms with van der Waals surface area (Å²) >= 11 is 0. The first-order valence-electron chi connectivity index (χ1n) is 4.22. The quantitative estimate of drug-likeness (QED) is 0.823. The van der Waals surface area contributed by atoms with Gasteiger partial charge >= 0.3 is 0 Å². The zero-order valence-electron chi connectivity index (χ0n) is 8.19. The first-order valence-corrected chi connectivity index (χ1v) is 5.76. The normalized spacial score (nSPS) is 11.9. The molecule has 0 aliphatic heterocycles. The summed E-state index contributed by atoms with van der Waals surface area (Å²) in [6.45, 7) is 1.92. The molecule has 0 aromatic heterocycles. The van der Waals surface area contributed by atoms with Crippen LogP contribution in [-0.2, 0) is 9.84 Å². The van der Waals surface area contributed by atoms with Crippen molar-refractivity contribution in [2.75, 3.05) is 7.05 Å². The van der Waals surface area contributed by atoms with Gasteiger partial charge in [0.15, 0.2) is 0 Å². The zero-order valence-corrected chi connectivity index (χ0v) is 9.01. The molecule has 4 heteroatoms. The van der Waals surface area contributed by atoms with Crippen molar-refractivity contribution in [2.45, 2.75) is 11.8 Å². The fraction of sp³-hybridized carbons (Fsp3) is 0.200. The zero-order chi connectivity index (χ0) is 10.6. The number of aryl methyl sites for hydroxylation is 1. The molecule has 1 aromatic carbocycles. The van der Waals surface area contributed by atoms with Crippen LogP contribution in [0.5, 0.6) is 0 Å². The summed E-state index contributed by atoms with van der Waals surface area (Å²) in [5, 5.41) is 3.80. The lowest BCUT2D eigenvalue weighted by Gasteiger charge is -1.99. The van der Waals surface area contributed by atoms with Gasteiger partial charge in [0, 0.05) is 13.2 Å². The number of hydrogen-bond acceptors (Lipinski definition) is 3. The van der Waals surface area contributed by atoms with Gasteiger partial charge in [-0.05, 0) is 19.1 Å². The predicted octanol–water partition coefficient (Wildman–Crippen LogP) is 1.46. The maximum Gasteiger partial charge on any atom is 0.201 e. The van der Waals surface area contributed by atoms with Crippen molar-refractivity contribution in [3.8, 4) is 0 Å². The van der Waals surface area contributed by atoms with E-state index in [1.54, 1.807) is 31.3 Å². The average Bonchev–Trinajstić information content (AvgIpc) is 2.16. The summed E-state index contributed by atoms with van der Waals surface area (Å²) in [6, 6.07) is 6.76. The summed E-state index contributed by atoms with van der Waals surface area (Å²) in [6.07, 6.45) is 1.40. The van der Waals surface area contributed by atoms with Crippen molar-refractivity contribution in [2.24, 2.45) is 0 Å². The monoisotopic (exact) mass is 211 g/mol. The van der Waals surface area contributed by atoms with Crippen molar-refractivity contribution >= 4 is 9.84 Å². The lowest BCUT2D eigenvalue weighted by molar-refractivity contribution is 0.604. The van der Waals surface area contributed by atoms with Crippen LogP contribution in [-0.4, -0.2) is 15.5 Å². The molecule has 0 heterocycles. The Kier molecular flexibility index (Phi) is 3.30. The van der Waals surface area contributed by atoms with E-state index in [1.165, 1.54) is 6.20 Å². The molecule has 14 heavy (non-hydrogen) atoms. The third-order valence-corrected chi connectivity index (χ3v) is 3.19. The van der Waals surface area contributed by atoms with Crippen LogP contribution in [0, 0.1) is 6.92 Å². The van der Waals surface area contributed by atoms with E-state index in [9.17, 15) is 8.42 Å². The first kappa shape index (κ1) is 10.8. The van der Waals surface area contributed by atoms with Crippen LogP contribution in [0.3, 0.4) is 0 Å². The Hall–Kier alpha value is -1.29. The van der Waals surface area contributed by atoms with Gasteiger partial charge < -0.3 is 5.32 Å². The summed E-state index contributed by atoms with van der Waals surface area (Å²) in [5.41, 5.74) is 1.04. The molecule has 3 nitrogen and oxygen atoms in total. The van der Waals surface area contributed by atoms with Crippen molar-refractivity contribution in [3.05, 3.63) is 41.4 Å². The molecule has 0 atom stereocenters. The molecule has 0 saturated carbocycles. The van der Waals surface area contributed by atoms with Gasteiger partial charge in [-0.25, -0.2) is 8.42 Å². The molecule has 0 aliphatic carbocycles. The highest BCUT2D eigenvalue weighted by Gasteiger charge is 2.08. The molecular weight excluding hydrogens is 198 g/mol. The smallest absolute Gasteiger partial charge is 0.201 e. The Morgan fingerprint density at radius 3 is 2.29 bits per heavy atom. The summed E-state index contributed by atoms with van der Waals surface area (Å²) < 4.78 is 23.2. The van der Waals surface area contributed by atoms with Gasteiger partial charge in [0.2, 0.25) is 9.84 Å². The molecule has 76 valence electrons. The summed E-state index contributed by atoms with van der Waals surface area (Å²) in [4.78, 5) is 0.314. The molecule has 0 bridgehead atoms. The van der Waals surface area contributed by atoms with Gasteiger partial charge in [-0.1, -0.05) is 17.7 Å². The fourth-order valence-corrected chi connectivity index (χ4v) is 1.95. The number of rotatable bonds is 3. The maximum atomic E-state index is 11.6. The highest BCUT2D eigenvalue weighted by atomic mass is 32.2. The molecule has 0 spiro atoms. The van der Waals surface area contributed by atoms with Gasteiger partial charge in [0.05, 0.1) is 10.3 Å². The van der Waals surface area contributed by atoms with Crippen LogP contribution >= 0.6 is 0 Å². The molecule has 0 unspecified atom stereocenters. The molecule has 0 amide bonds.